The van der Waals surface area contributed by atoms with Crippen LogP contribution < -0.4 is 19.9 Å². The van der Waals surface area contributed by atoms with Crippen LogP contribution in [0.25, 0.3) is 0 Å². The van der Waals surface area contributed by atoms with Crippen molar-refractivity contribution in [2.24, 2.45) is 0 Å². The lowest BCUT2D eigenvalue weighted by Crippen LogP contribution is -2.17. The van der Waals surface area contributed by atoms with Gasteiger partial charge in [0.05, 0.1) is 19.9 Å². The van der Waals surface area contributed by atoms with Crippen LogP contribution in [0.1, 0.15) is 0 Å². The van der Waals surface area contributed by atoms with Crippen LogP contribution in [0.2, 0.25) is 0 Å². The normalized spacial score (nSPS) is 11.0. The third kappa shape index (κ3) is 2.97. The lowest BCUT2D eigenvalue weighted by Gasteiger charge is -2.14. The number of rotatable bonds is 5. The highest BCUT2D eigenvalue weighted by molar-refractivity contribution is 7.92. The summed E-state index contributed by atoms with van der Waals surface area (Å²) in [6, 6.07) is 4.35. The van der Waals surface area contributed by atoms with Gasteiger partial charge in [0.2, 0.25) is 5.95 Å². The van der Waals surface area contributed by atoms with Gasteiger partial charge in [-0.15, -0.1) is 0 Å². The van der Waals surface area contributed by atoms with Crippen LogP contribution in [0.4, 0.5) is 11.6 Å². The number of hydrogen-bond acceptors (Lipinski definition) is 7. The number of hydrogen-bond donors (Lipinski definition) is 2. The zero-order valence-electron chi connectivity index (χ0n) is 11.4. The molecule has 0 saturated carbocycles. The van der Waals surface area contributed by atoms with E-state index in [-0.39, 0.29) is 22.3 Å². The third-order valence-corrected chi connectivity index (χ3v) is 4.01. The van der Waals surface area contributed by atoms with Crippen molar-refractivity contribution in [1.82, 2.24) is 9.97 Å². The van der Waals surface area contributed by atoms with Crippen molar-refractivity contribution in [3.63, 3.8) is 0 Å². The molecule has 0 amide bonds. The summed E-state index contributed by atoms with van der Waals surface area (Å²) in [5.41, 5.74) is 5.79. The first-order valence-electron chi connectivity index (χ1n) is 5.80. The van der Waals surface area contributed by atoms with Gasteiger partial charge < -0.3 is 15.2 Å². The molecule has 2 rings (SSSR count). The van der Waals surface area contributed by atoms with Gasteiger partial charge in [-0.25, -0.2) is 23.1 Å². The standard InChI is InChI=1S/C12H14N4O4S/c1-19-8-4-5-9(10(13)11(8)20-2)21(17,18)16-12-14-6-3-7-15-12/h3-7H,13H2,1-2H3,(H,14,15,16). The van der Waals surface area contributed by atoms with Gasteiger partial charge in [-0.3, -0.25) is 0 Å². The highest BCUT2D eigenvalue weighted by Gasteiger charge is 2.23. The van der Waals surface area contributed by atoms with E-state index in [0.29, 0.717) is 5.75 Å². The summed E-state index contributed by atoms with van der Waals surface area (Å²) in [6.07, 6.45) is 2.84. The molecule has 8 nitrogen and oxygen atoms in total. The van der Waals surface area contributed by atoms with Gasteiger partial charge in [0.1, 0.15) is 4.90 Å². The Morgan fingerprint density at radius 1 is 1.14 bits per heavy atom. The molecule has 0 fully saturated rings. The Balaban J connectivity index is 2.46. The smallest absolute Gasteiger partial charge is 0.266 e. The van der Waals surface area contributed by atoms with Gasteiger partial charge >= 0.3 is 0 Å². The molecule has 0 atom stereocenters. The molecule has 0 radical (unpaired) electrons. The van der Waals surface area contributed by atoms with E-state index in [4.69, 9.17) is 15.2 Å². The van der Waals surface area contributed by atoms with E-state index in [1.165, 1.54) is 38.7 Å². The Morgan fingerprint density at radius 2 is 1.81 bits per heavy atom. The number of nitrogens with two attached hydrogens (primary N) is 1. The van der Waals surface area contributed by atoms with Crippen molar-refractivity contribution in [3.8, 4) is 11.5 Å². The fourth-order valence-corrected chi connectivity index (χ4v) is 2.78. The zero-order chi connectivity index (χ0) is 15.5. The minimum atomic E-state index is -3.94. The van der Waals surface area contributed by atoms with Crippen LogP contribution in [-0.4, -0.2) is 32.6 Å². The lowest BCUT2D eigenvalue weighted by atomic mass is 10.3. The average Bonchev–Trinajstić information content (AvgIpc) is 2.47. The largest absolute Gasteiger partial charge is 0.493 e. The number of nitrogens with zero attached hydrogens (tertiary/aromatic N) is 2. The summed E-state index contributed by atoms with van der Waals surface area (Å²) in [7, 11) is -1.13. The van der Waals surface area contributed by atoms with Crippen LogP contribution in [0.5, 0.6) is 11.5 Å². The minimum absolute atomic E-state index is 0.0494. The Hall–Kier alpha value is -2.55. The molecular formula is C12H14N4O4S. The molecule has 0 aliphatic heterocycles. The molecule has 1 aromatic carbocycles. The first kappa shape index (κ1) is 14.9. The monoisotopic (exact) mass is 310 g/mol. The van der Waals surface area contributed by atoms with Crippen molar-refractivity contribution in [2.75, 3.05) is 24.7 Å². The van der Waals surface area contributed by atoms with Crippen molar-refractivity contribution < 1.29 is 17.9 Å². The van der Waals surface area contributed by atoms with Gasteiger partial charge in [-0.05, 0) is 18.2 Å². The number of ether oxygens (including phenoxy) is 2. The van der Waals surface area contributed by atoms with Gasteiger partial charge in [0, 0.05) is 12.4 Å². The topological polar surface area (TPSA) is 116 Å². The Labute approximate surface area is 122 Å². The molecule has 9 heteroatoms. The summed E-state index contributed by atoms with van der Waals surface area (Å²) in [5.74, 6) is 0.436. The average molecular weight is 310 g/mol. The van der Waals surface area contributed by atoms with Gasteiger partial charge in [-0.1, -0.05) is 0 Å². The van der Waals surface area contributed by atoms with E-state index >= 15 is 0 Å². The molecule has 3 N–H and O–H groups in total. The Morgan fingerprint density at radius 3 is 2.38 bits per heavy atom. The van der Waals surface area contributed by atoms with Gasteiger partial charge in [-0.2, -0.15) is 0 Å². The summed E-state index contributed by atoms with van der Waals surface area (Å²) in [4.78, 5) is 7.45. The maximum absolute atomic E-state index is 12.3. The van der Waals surface area contributed by atoms with E-state index < -0.39 is 10.0 Å². The van der Waals surface area contributed by atoms with Crippen LogP contribution in [0, 0.1) is 0 Å². The van der Waals surface area contributed by atoms with Crippen molar-refractivity contribution in [2.45, 2.75) is 4.90 Å². The molecule has 0 aliphatic carbocycles. The quantitative estimate of drug-likeness (QED) is 0.787. The molecule has 0 aliphatic rings. The number of methoxy groups -OCH3 is 2. The third-order valence-electron chi connectivity index (χ3n) is 2.62. The Bertz CT molecular complexity index is 734. The molecule has 112 valence electrons. The molecule has 1 aromatic heterocycles. The molecule has 2 aromatic rings. The van der Waals surface area contributed by atoms with E-state index in [9.17, 15) is 8.42 Å². The summed E-state index contributed by atoms with van der Waals surface area (Å²) in [6.45, 7) is 0. The highest BCUT2D eigenvalue weighted by atomic mass is 32.2. The molecule has 0 spiro atoms. The molecular weight excluding hydrogens is 296 g/mol. The molecule has 0 bridgehead atoms. The fraction of sp³-hybridized carbons (Fsp3) is 0.167. The van der Waals surface area contributed by atoms with Gasteiger partial charge in [0.25, 0.3) is 10.0 Å². The number of benzene rings is 1. The van der Waals surface area contributed by atoms with E-state index in [0.717, 1.165) is 0 Å². The van der Waals surface area contributed by atoms with Crippen LogP contribution in [-0.2, 0) is 10.0 Å². The summed E-state index contributed by atoms with van der Waals surface area (Å²) in [5, 5.41) is 0. The van der Waals surface area contributed by atoms with Crippen molar-refractivity contribution >= 4 is 21.7 Å². The highest BCUT2D eigenvalue weighted by Crippen LogP contribution is 2.37. The first-order chi connectivity index (χ1) is 9.99. The first-order valence-corrected chi connectivity index (χ1v) is 7.28. The van der Waals surface area contributed by atoms with E-state index in [1.807, 2.05) is 0 Å². The molecule has 21 heavy (non-hydrogen) atoms. The second-order valence-electron chi connectivity index (χ2n) is 3.89. The summed E-state index contributed by atoms with van der Waals surface area (Å²) >= 11 is 0. The SMILES string of the molecule is COc1ccc(S(=O)(=O)Nc2ncccn2)c(N)c1OC. The molecule has 0 saturated heterocycles. The van der Waals surface area contributed by atoms with E-state index in [2.05, 4.69) is 14.7 Å². The fourth-order valence-electron chi connectivity index (χ4n) is 1.69. The maximum atomic E-state index is 12.3. The van der Waals surface area contributed by atoms with Crippen LogP contribution in [0.3, 0.4) is 0 Å². The number of sulfonamides is 1. The van der Waals surface area contributed by atoms with Crippen LogP contribution in [0.15, 0.2) is 35.5 Å². The maximum Gasteiger partial charge on any atom is 0.266 e. The second kappa shape index (κ2) is 5.83. The van der Waals surface area contributed by atoms with Crippen molar-refractivity contribution in [3.05, 3.63) is 30.6 Å². The zero-order valence-corrected chi connectivity index (χ0v) is 12.2. The summed E-state index contributed by atoms with van der Waals surface area (Å²) < 4.78 is 37.0. The predicted octanol–water partition coefficient (Wildman–Crippen LogP) is 0.877. The number of nitrogen functional groups attached to an aromatic ring is 1. The number of nitrogens with one attached hydrogen (secondary N) is 1. The minimum Gasteiger partial charge on any atom is -0.493 e. The number of anilines is 2. The predicted molar refractivity (Wildman–Crippen MR) is 76.8 cm³/mol. The van der Waals surface area contributed by atoms with Crippen LogP contribution >= 0.6 is 0 Å². The molecule has 0 unspecified atom stereocenters. The second-order valence-corrected chi connectivity index (χ2v) is 5.54. The lowest BCUT2D eigenvalue weighted by molar-refractivity contribution is 0.355. The van der Waals surface area contributed by atoms with Gasteiger partial charge in [0.15, 0.2) is 11.5 Å². The number of aromatic nitrogens is 2. The molecule has 1 heterocycles. The Kier molecular flexibility index (Phi) is 4.13. The van der Waals surface area contributed by atoms with Crippen molar-refractivity contribution in [1.29, 1.82) is 0 Å². The van der Waals surface area contributed by atoms with E-state index in [1.54, 1.807) is 6.07 Å².